The van der Waals surface area contributed by atoms with Gasteiger partial charge in [0.25, 0.3) is 0 Å². The van der Waals surface area contributed by atoms with E-state index in [9.17, 15) is 5.11 Å². The van der Waals surface area contributed by atoms with E-state index in [1.165, 1.54) is 0 Å². The number of pyridine rings is 2. The van der Waals surface area contributed by atoms with Gasteiger partial charge in [-0.1, -0.05) is 65.6 Å². The van der Waals surface area contributed by atoms with Crippen LogP contribution in [0.3, 0.4) is 0 Å². The molecule has 0 bridgehead atoms. The first kappa shape index (κ1) is 24.4. The van der Waals surface area contributed by atoms with Crippen molar-refractivity contribution in [3.05, 3.63) is 165 Å². The summed E-state index contributed by atoms with van der Waals surface area (Å²) in [5, 5.41) is 12.8. The van der Waals surface area contributed by atoms with Crippen LogP contribution in [-0.4, -0.2) is 15.1 Å². The van der Waals surface area contributed by atoms with Crippen LogP contribution in [0.25, 0.3) is 0 Å². The summed E-state index contributed by atoms with van der Waals surface area (Å²) < 4.78 is 0. The molecule has 0 amide bonds. The molecular weight excluding hydrogens is 476 g/mol. The van der Waals surface area contributed by atoms with E-state index in [0.717, 1.165) is 68.5 Å². The zero-order chi connectivity index (χ0) is 26.7. The third-order valence-corrected chi connectivity index (χ3v) is 7.16. The normalized spacial score (nSPS) is 13.0. The minimum absolute atomic E-state index is 0.826. The number of hydrogen-bond acceptors (Lipinski definition) is 3. The van der Waals surface area contributed by atoms with E-state index >= 15 is 0 Å². The van der Waals surface area contributed by atoms with Crippen LogP contribution in [0.2, 0.25) is 0 Å². The minimum atomic E-state index is -1.35. The van der Waals surface area contributed by atoms with Gasteiger partial charge < -0.3 is 5.11 Å². The molecule has 1 aliphatic rings. The third-order valence-electron chi connectivity index (χ3n) is 7.16. The Balaban J connectivity index is 1.52. The van der Waals surface area contributed by atoms with E-state index in [2.05, 4.69) is 64.8 Å². The van der Waals surface area contributed by atoms with Crippen molar-refractivity contribution in [3.63, 3.8) is 0 Å². The summed E-state index contributed by atoms with van der Waals surface area (Å²) in [6.07, 6.45) is 8.64. The molecule has 3 aromatic carbocycles. The second kappa shape index (κ2) is 10.4. The van der Waals surface area contributed by atoms with Gasteiger partial charge >= 0.3 is 0 Å². The molecule has 1 aliphatic carbocycles. The molecule has 0 unspecified atom stereocenters. The largest absolute Gasteiger partial charge is 0.376 e. The zero-order valence-corrected chi connectivity index (χ0v) is 21.6. The Morgan fingerprint density at radius 1 is 0.615 bits per heavy atom. The average molecular weight is 503 g/mol. The average Bonchev–Trinajstić information content (AvgIpc) is 3.11. The molecule has 2 aromatic heterocycles. The van der Waals surface area contributed by atoms with Crippen molar-refractivity contribution in [1.29, 1.82) is 0 Å². The second-order valence-electron chi connectivity index (χ2n) is 9.80. The first-order valence-corrected chi connectivity index (χ1v) is 13.0. The summed E-state index contributed by atoms with van der Waals surface area (Å²) in [4.78, 5) is 8.32. The molecule has 0 radical (unpaired) electrons. The number of aliphatic hydroxyl groups is 1. The highest BCUT2D eigenvalue weighted by Crippen LogP contribution is 2.43. The molecule has 0 fully saturated rings. The highest BCUT2D eigenvalue weighted by molar-refractivity contribution is 5.59. The lowest BCUT2D eigenvalue weighted by Gasteiger charge is -2.32. The maximum Gasteiger partial charge on any atom is 0.141 e. The number of aryl methyl sites for hydroxylation is 3. The van der Waals surface area contributed by atoms with E-state index < -0.39 is 5.60 Å². The molecule has 0 spiro atoms. The van der Waals surface area contributed by atoms with Gasteiger partial charge in [-0.25, -0.2) is 0 Å². The van der Waals surface area contributed by atoms with Crippen molar-refractivity contribution in [1.82, 2.24) is 9.97 Å². The predicted octanol–water partition coefficient (Wildman–Crippen LogP) is 5.97. The van der Waals surface area contributed by atoms with E-state index in [0.29, 0.717) is 0 Å². The maximum absolute atomic E-state index is 12.8. The molecule has 186 valence electrons. The molecule has 6 rings (SSSR count). The van der Waals surface area contributed by atoms with Crippen LogP contribution >= 0.6 is 0 Å². The van der Waals surface area contributed by atoms with Gasteiger partial charge in [-0.05, 0) is 96.1 Å². The lowest BCUT2D eigenvalue weighted by Crippen LogP contribution is -2.30. The molecule has 2 heterocycles. The summed E-state index contributed by atoms with van der Waals surface area (Å²) in [5.41, 5.74) is 7.96. The number of nitrogens with zero attached hydrogens (tertiary/aromatic N) is 2. The van der Waals surface area contributed by atoms with Gasteiger partial charge in [0.05, 0.1) is 0 Å². The molecular formula is C36H26N2O. The first-order chi connectivity index (χ1) is 19.1. The van der Waals surface area contributed by atoms with Crippen LogP contribution in [0, 0.1) is 30.6 Å². The molecule has 39 heavy (non-hydrogen) atoms. The molecule has 0 atom stereocenters. The van der Waals surface area contributed by atoms with Crippen LogP contribution in [0.15, 0.2) is 110 Å². The fourth-order valence-corrected chi connectivity index (χ4v) is 5.10. The SMILES string of the molecule is Cc1ccc(C2(O)c3cc(C#Cc4cccnc4)ccc3CCc3ccc(C#Cc4cccnc4)cc32)cc1. The molecule has 0 saturated heterocycles. The molecule has 3 heteroatoms. The van der Waals surface area contributed by atoms with Gasteiger partial charge in [0.15, 0.2) is 0 Å². The minimum Gasteiger partial charge on any atom is -0.376 e. The Labute approximate surface area is 229 Å². The predicted molar refractivity (Wildman–Crippen MR) is 154 cm³/mol. The maximum atomic E-state index is 12.8. The van der Waals surface area contributed by atoms with Crippen molar-refractivity contribution in [3.8, 4) is 23.7 Å². The summed E-state index contributed by atoms with van der Waals surface area (Å²) in [6.45, 7) is 2.06. The Bertz CT molecular complexity index is 1660. The topological polar surface area (TPSA) is 46.0 Å². The Morgan fingerprint density at radius 2 is 1.10 bits per heavy atom. The molecule has 5 aromatic rings. The Morgan fingerprint density at radius 3 is 1.56 bits per heavy atom. The Kier molecular flexibility index (Phi) is 6.52. The lowest BCUT2D eigenvalue weighted by molar-refractivity contribution is 0.125. The molecule has 0 aliphatic heterocycles. The summed E-state index contributed by atoms with van der Waals surface area (Å²) >= 11 is 0. The number of aromatic nitrogens is 2. The Hall–Kier alpha value is -4.96. The molecule has 3 nitrogen and oxygen atoms in total. The van der Waals surface area contributed by atoms with Crippen LogP contribution in [-0.2, 0) is 18.4 Å². The fraction of sp³-hybridized carbons (Fsp3) is 0.111. The van der Waals surface area contributed by atoms with Crippen LogP contribution in [0.4, 0.5) is 0 Å². The van der Waals surface area contributed by atoms with Crippen LogP contribution in [0.5, 0.6) is 0 Å². The van der Waals surface area contributed by atoms with E-state index in [-0.39, 0.29) is 0 Å². The third kappa shape index (κ3) is 4.97. The summed E-state index contributed by atoms with van der Waals surface area (Å²) in [7, 11) is 0. The van der Waals surface area contributed by atoms with Gasteiger partial charge in [0.1, 0.15) is 5.60 Å². The quantitative estimate of drug-likeness (QED) is 0.288. The van der Waals surface area contributed by atoms with Gasteiger partial charge in [0.2, 0.25) is 0 Å². The number of hydrogen-bond donors (Lipinski definition) is 1. The van der Waals surface area contributed by atoms with Crippen molar-refractivity contribution in [2.24, 2.45) is 0 Å². The lowest BCUT2D eigenvalue weighted by atomic mass is 9.77. The van der Waals surface area contributed by atoms with E-state index in [1.54, 1.807) is 24.8 Å². The van der Waals surface area contributed by atoms with Gasteiger partial charge in [-0.15, -0.1) is 0 Å². The number of rotatable bonds is 1. The van der Waals surface area contributed by atoms with Crippen LogP contribution < -0.4 is 0 Å². The fourth-order valence-electron chi connectivity index (χ4n) is 5.10. The van der Waals surface area contributed by atoms with Crippen molar-refractivity contribution >= 4 is 0 Å². The molecule has 1 N–H and O–H groups in total. The summed E-state index contributed by atoms with van der Waals surface area (Å²) in [6, 6.07) is 28.2. The molecule has 0 saturated carbocycles. The standard InChI is InChI=1S/C36H26N2O/c1-26-6-18-33(19-7-26)36(39)34-22-27(8-10-29-4-2-20-37-24-29)12-14-31(34)16-17-32-15-13-28(23-35(32)36)9-11-30-5-3-21-38-25-30/h2-7,12-15,18-25,39H,16-17H2,1H3. The number of fused-ring (bicyclic) bond motifs is 2. The number of benzene rings is 3. The monoisotopic (exact) mass is 502 g/mol. The van der Waals surface area contributed by atoms with Gasteiger partial charge in [-0.3, -0.25) is 9.97 Å². The van der Waals surface area contributed by atoms with Crippen molar-refractivity contribution in [2.75, 3.05) is 0 Å². The second-order valence-corrected chi connectivity index (χ2v) is 9.80. The van der Waals surface area contributed by atoms with Gasteiger partial charge in [-0.2, -0.15) is 0 Å². The van der Waals surface area contributed by atoms with Crippen LogP contribution in [0.1, 0.15) is 55.6 Å². The van der Waals surface area contributed by atoms with E-state index in [1.807, 2.05) is 60.7 Å². The highest BCUT2D eigenvalue weighted by atomic mass is 16.3. The van der Waals surface area contributed by atoms with Gasteiger partial charge in [0, 0.05) is 47.0 Å². The first-order valence-electron chi connectivity index (χ1n) is 13.0. The van der Waals surface area contributed by atoms with Crippen molar-refractivity contribution < 1.29 is 5.11 Å². The zero-order valence-electron chi connectivity index (χ0n) is 21.6. The van der Waals surface area contributed by atoms with E-state index in [4.69, 9.17) is 0 Å². The van der Waals surface area contributed by atoms with Crippen molar-refractivity contribution in [2.45, 2.75) is 25.4 Å². The highest BCUT2D eigenvalue weighted by Gasteiger charge is 2.39. The smallest absolute Gasteiger partial charge is 0.141 e. The summed E-state index contributed by atoms with van der Waals surface area (Å²) in [5.74, 6) is 13.0.